The fourth-order valence-electron chi connectivity index (χ4n) is 4.27. The van der Waals surface area contributed by atoms with Crippen LogP contribution in [-0.4, -0.2) is 35.2 Å². The molecular formula is C19H15ClFN3O4. The maximum Gasteiger partial charge on any atom is 0.235 e. The average molecular weight is 404 g/mol. The van der Waals surface area contributed by atoms with E-state index in [1.54, 1.807) is 13.0 Å². The van der Waals surface area contributed by atoms with E-state index in [0.717, 1.165) is 0 Å². The summed E-state index contributed by atoms with van der Waals surface area (Å²) in [6.07, 6.45) is 3.17. The van der Waals surface area contributed by atoms with E-state index >= 15 is 0 Å². The zero-order valence-electron chi connectivity index (χ0n) is 14.7. The van der Waals surface area contributed by atoms with Crippen LogP contribution >= 0.6 is 11.6 Å². The smallest absolute Gasteiger partial charge is 0.235 e. The molecule has 2 saturated heterocycles. The Morgan fingerprint density at radius 1 is 1.43 bits per heavy atom. The molecule has 3 aliphatic heterocycles. The number of benzene rings is 1. The minimum absolute atomic E-state index is 0.0946. The van der Waals surface area contributed by atoms with E-state index < -0.39 is 29.4 Å². The van der Waals surface area contributed by atoms with Crippen molar-refractivity contribution in [1.82, 2.24) is 5.16 Å². The molecule has 9 heteroatoms. The van der Waals surface area contributed by atoms with Gasteiger partial charge in [-0.3, -0.25) is 14.5 Å². The third-order valence-electron chi connectivity index (χ3n) is 5.48. The minimum atomic E-state index is -0.864. The highest BCUT2D eigenvalue weighted by atomic mass is 35.5. The number of aryl methyl sites for hydroxylation is 1. The number of ether oxygens (including phenoxy) is 1. The average Bonchev–Trinajstić information content (AvgIpc) is 3.39. The zero-order valence-corrected chi connectivity index (χ0v) is 15.4. The number of hydrogen-bond donors (Lipinski definition) is 1. The van der Waals surface area contributed by atoms with E-state index in [1.807, 2.05) is 12.2 Å². The van der Waals surface area contributed by atoms with Crippen molar-refractivity contribution in [2.45, 2.75) is 18.6 Å². The number of aromatic nitrogens is 1. The van der Waals surface area contributed by atoms with Gasteiger partial charge in [-0.15, -0.1) is 0 Å². The Balaban J connectivity index is 1.43. The molecule has 4 atom stereocenters. The van der Waals surface area contributed by atoms with Gasteiger partial charge in [0.2, 0.25) is 11.8 Å². The van der Waals surface area contributed by atoms with Crippen LogP contribution in [-0.2, 0) is 14.3 Å². The molecule has 0 saturated carbocycles. The van der Waals surface area contributed by atoms with Gasteiger partial charge in [0.15, 0.2) is 5.82 Å². The van der Waals surface area contributed by atoms with E-state index in [-0.39, 0.29) is 23.4 Å². The van der Waals surface area contributed by atoms with Crippen molar-refractivity contribution < 1.29 is 23.2 Å². The second-order valence-corrected chi connectivity index (χ2v) is 7.65. The number of anilines is 2. The molecular weight excluding hydrogens is 389 g/mol. The van der Waals surface area contributed by atoms with Crippen molar-refractivity contribution in [2.75, 3.05) is 16.8 Å². The summed E-state index contributed by atoms with van der Waals surface area (Å²) < 4.78 is 24.5. The number of fused-ring (bicyclic) bond motifs is 1. The lowest BCUT2D eigenvalue weighted by Crippen LogP contribution is -2.41. The summed E-state index contributed by atoms with van der Waals surface area (Å²) in [5.41, 5.74) is -0.511. The van der Waals surface area contributed by atoms with Crippen LogP contribution in [0, 0.1) is 24.6 Å². The number of rotatable bonds is 3. The van der Waals surface area contributed by atoms with Crippen molar-refractivity contribution in [1.29, 1.82) is 0 Å². The van der Waals surface area contributed by atoms with Gasteiger partial charge < -0.3 is 14.6 Å². The first kappa shape index (κ1) is 17.4. The summed E-state index contributed by atoms with van der Waals surface area (Å²) in [4.78, 5) is 27.6. The number of nitrogens with zero attached hydrogens (tertiary/aromatic N) is 2. The van der Waals surface area contributed by atoms with Crippen molar-refractivity contribution in [3.8, 4) is 0 Å². The fourth-order valence-corrected chi connectivity index (χ4v) is 4.45. The molecule has 4 heterocycles. The quantitative estimate of drug-likeness (QED) is 0.796. The Morgan fingerprint density at radius 2 is 2.25 bits per heavy atom. The number of hydrogen-bond acceptors (Lipinski definition) is 5. The molecule has 5 rings (SSSR count). The zero-order chi connectivity index (χ0) is 19.6. The van der Waals surface area contributed by atoms with E-state index in [2.05, 4.69) is 10.5 Å². The second-order valence-electron chi connectivity index (χ2n) is 7.24. The van der Waals surface area contributed by atoms with E-state index in [1.165, 1.54) is 23.1 Å². The molecule has 1 N–H and O–H groups in total. The highest BCUT2D eigenvalue weighted by molar-refractivity contribution is 6.31. The topological polar surface area (TPSA) is 84.7 Å². The van der Waals surface area contributed by atoms with Gasteiger partial charge in [0.05, 0.1) is 29.5 Å². The first-order chi connectivity index (χ1) is 13.4. The molecule has 1 spiro atoms. The largest absolute Gasteiger partial charge is 0.360 e. The molecule has 1 aromatic carbocycles. The van der Waals surface area contributed by atoms with Gasteiger partial charge in [-0.1, -0.05) is 28.9 Å². The van der Waals surface area contributed by atoms with Crippen LogP contribution in [0.15, 0.2) is 40.9 Å². The summed E-state index contributed by atoms with van der Waals surface area (Å²) >= 11 is 5.78. The van der Waals surface area contributed by atoms with E-state index in [9.17, 15) is 14.0 Å². The van der Waals surface area contributed by atoms with Gasteiger partial charge >= 0.3 is 0 Å². The summed E-state index contributed by atoms with van der Waals surface area (Å²) in [5, 5.41) is 6.53. The third-order valence-corrected chi connectivity index (χ3v) is 5.77. The van der Waals surface area contributed by atoms with Crippen molar-refractivity contribution in [2.24, 2.45) is 11.8 Å². The molecule has 3 aliphatic rings. The summed E-state index contributed by atoms with van der Waals surface area (Å²) in [6, 6.07) is 5.59. The number of carbonyl (C=O) groups excluding carboxylic acids is 2. The molecule has 0 aliphatic carbocycles. The Bertz CT molecular complexity index is 1040. The molecule has 1 aromatic heterocycles. The van der Waals surface area contributed by atoms with Crippen LogP contribution in [0.4, 0.5) is 15.9 Å². The number of halogens is 2. The van der Waals surface area contributed by atoms with Crippen LogP contribution < -0.4 is 10.2 Å². The number of carbonyl (C=O) groups is 2. The Morgan fingerprint density at radius 3 is 2.96 bits per heavy atom. The predicted octanol–water partition coefficient (Wildman–Crippen LogP) is 2.70. The van der Waals surface area contributed by atoms with Crippen molar-refractivity contribution >= 4 is 34.9 Å². The summed E-state index contributed by atoms with van der Waals surface area (Å²) in [6.45, 7) is 2.00. The molecule has 2 bridgehead atoms. The molecule has 0 unspecified atom stereocenters. The molecule has 2 amide bonds. The summed E-state index contributed by atoms with van der Waals surface area (Å²) in [5.74, 6) is -1.59. The standard InChI is InChI=1S/C19H15ClFN3O4/c1-9-6-14(23-28-9)24-8-19-5-4-13(27-19)15(16(19)18(24)26)17(25)22-10-2-3-12(21)11(20)7-10/h2-7,13,15-16H,8H2,1H3,(H,22,25)/t13-,15-,16+,19-/m1/s1. The van der Waals surface area contributed by atoms with Crippen LogP contribution in [0.25, 0.3) is 0 Å². The third kappa shape index (κ3) is 2.41. The molecule has 28 heavy (non-hydrogen) atoms. The Kier molecular flexibility index (Phi) is 3.66. The SMILES string of the molecule is Cc1cc(N2C[C@@]34C=C[C@@H](O3)[C@@H](C(=O)Nc3ccc(F)c(Cl)c3)[C@H]4C2=O)no1. The van der Waals surface area contributed by atoms with Gasteiger partial charge in [0, 0.05) is 11.8 Å². The first-order valence-electron chi connectivity index (χ1n) is 8.76. The van der Waals surface area contributed by atoms with Gasteiger partial charge in [-0.2, -0.15) is 0 Å². The lowest BCUT2D eigenvalue weighted by atomic mass is 9.77. The monoisotopic (exact) mass is 403 g/mol. The Labute approximate surface area is 164 Å². The van der Waals surface area contributed by atoms with Gasteiger partial charge in [0.1, 0.15) is 17.2 Å². The lowest BCUT2D eigenvalue weighted by Gasteiger charge is -2.23. The normalized spacial score (nSPS) is 30.2. The second kappa shape index (κ2) is 5.89. The molecule has 2 fully saturated rings. The van der Waals surface area contributed by atoms with Gasteiger partial charge in [0.25, 0.3) is 0 Å². The summed E-state index contributed by atoms with van der Waals surface area (Å²) in [7, 11) is 0. The predicted molar refractivity (Wildman–Crippen MR) is 97.4 cm³/mol. The van der Waals surface area contributed by atoms with Gasteiger partial charge in [-0.05, 0) is 25.1 Å². The van der Waals surface area contributed by atoms with Crippen LogP contribution in [0.1, 0.15) is 5.76 Å². The molecule has 0 radical (unpaired) electrons. The molecule has 7 nitrogen and oxygen atoms in total. The highest BCUT2D eigenvalue weighted by Crippen LogP contribution is 2.52. The van der Waals surface area contributed by atoms with Gasteiger partial charge in [-0.25, -0.2) is 4.39 Å². The molecule has 2 aromatic rings. The van der Waals surface area contributed by atoms with Crippen LogP contribution in [0.2, 0.25) is 5.02 Å². The molecule has 144 valence electrons. The van der Waals surface area contributed by atoms with Crippen LogP contribution in [0.3, 0.4) is 0 Å². The fraction of sp³-hybridized carbons (Fsp3) is 0.316. The maximum absolute atomic E-state index is 13.4. The van der Waals surface area contributed by atoms with E-state index in [4.69, 9.17) is 20.9 Å². The van der Waals surface area contributed by atoms with Crippen molar-refractivity contribution in [3.05, 3.63) is 53.0 Å². The number of nitrogens with one attached hydrogen (secondary N) is 1. The van der Waals surface area contributed by atoms with E-state index in [0.29, 0.717) is 17.3 Å². The number of amides is 2. The first-order valence-corrected chi connectivity index (χ1v) is 9.13. The highest BCUT2D eigenvalue weighted by Gasteiger charge is 2.67. The van der Waals surface area contributed by atoms with Crippen molar-refractivity contribution in [3.63, 3.8) is 0 Å². The lowest BCUT2D eigenvalue weighted by molar-refractivity contribution is -0.128. The van der Waals surface area contributed by atoms with Crippen LogP contribution in [0.5, 0.6) is 0 Å². The minimum Gasteiger partial charge on any atom is -0.360 e. The Hall–Kier alpha value is -2.71. The maximum atomic E-state index is 13.4.